The molecule has 0 saturated carbocycles. The SMILES string of the molecule is Cc1ccc(-c2nnc(CN(C)C(=O)c3cccc([N+](=O)[O-])c3C)o2)cc1. The lowest BCUT2D eigenvalue weighted by atomic mass is 10.1. The van der Waals surface area contributed by atoms with Crippen LogP contribution in [0.1, 0.15) is 27.4 Å². The van der Waals surface area contributed by atoms with Crippen LogP contribution in [0.4, 0.5) is 5.69 Å². The number of carbonyl (C=O) groups is 1. The molecule has 0 aliphatic heterocycles. The molecule has 8 nitrogen and oxygen atoms in total. The van der Waals surface area contributed by atoms with Crippen LogP contribution in [0.3, 0.4) is 0 Å². The molecule has 0 saturated heterocycles. The highest BCUT2D eigenvalue weighted by Gasteiger charge is 2.22. The molecule has 1 amide bonds. The summed E-state index contributed by atoms with van der Waals surface area (Å²) in [7, 11) is 1.58. The van der Waals surface area contributed by atoms with E-state index >= 15 is 0 Å². The monoisotopic (exact) mass is 366 g/mol. The number of nitrogens with zero attached hydrogens (tertiary/aromatic N) is 4. The molecule has 0 atom stereocenters. The molecular weight excluding hydrogens is 348 g/mol. The predicted octanol–water partition coefficient (Wildman–Crippen LogP) is 3.53. The van der Waals surface area contributed by atoms with Crippen LogP contribution < -0.4 is 0 Å². The van der Waals surface area contributed by atoms with Crippen molar-refractivity contribution in [1.82, 2.24) is 15.1 Å². The van der Waals surface area contributed by atoms with Gasteiger partial charge in [-0.1, -0.05) is 23.8 Å². The third kappa shape index (κ3) is 3.84. The highest BCUT2D eigenvalue weighted by Crippen LogP contribution is 2.23. The average molecular weight is 366 g/mol. The summed E-state index contributed by atoms with van der Waals surface area (Å²) in [6.07, 6.45) is 0. The maximum Gasteiger partial charge on any atom is 0.273 e. The Labute approximate surface area is 155 Å². The van der Waals surface area contributed by atoms with Crippen molar-refractivity contribution in [2.24, 2.45) is 0 Å². The molecule has 0 aliphatic carbocycles. The molecule has 138 valence electrons. The number of aromatic nitrogens is 2. The lowest BCUT2D eigenvalue weighted by molar-refractivity contribution is -0.385. The van der Waals surface area contributed by atoms with Crippen LogP contribution in [0.5, 0.6) is 0 Å². The van der Waals surface area contributed by atoms with Crippen LogP contribution in [0.25, 0.3) is 11.5 Å². The second kappa shape index (κ2) is 7.36. The minimum Gasteiger partial charge on any atom is -0.419 e. The first-order chi connectivity index (χ1) is 12.9. The van der Waals surface area contributed by atoms with E-state index in [4.69, 9.17) is 4.42 Å². The van der Waals surface area contributed by atoms with Gasteiger partial charge in [-0.05, 0) is 32.0 Å². The molecule has 1 heterocycles. The average Bonchev–Trinajstić information content (AvgIpc) is 3.10. The minimum absolute atomic E-state index is 0.0892. The smallest absolute Gasteiger partial charge is 0.273 e. The zero-order valence-corrected chi connectivity index (χ0v) is 15.2. The molecule has 1 aromatic heterocycles. The van der Waals surface area contributed by atoms with Crippen molar-refractivity contribution in [2.75, 3.05) is 7.05 Å². The Morgan fingerprint density at radius 3 is 2.52 bits per heavy atom. The zero-order chi connectivity index (χ0) is 19.6. The third-order valence-corrected chi connectivity index (χ3v) is 4.22. The van der Waals surface area contributed by atoms with Crippen molar-refractivity contribution in [1.29, 1.82) is 0 Å². The van der Waals surface area contributed by atoms with E-state index in [1.165, 1.54) is 17.0 Å². The van der Waals surface area contributed by atoms with Gasteiger partial charge in [0.15, 0.2) is 0 Å². The van der Waals surface area contributed by atoms with Gasteiger partial charge < -0.3 is 9.32 Å². The normalized spacial score (nSPS) is 10.6. The number of carbonyl (C=O) groups excluding carboxylic acids is 1. The molecule has 0 unspecified atom stereocenters. The second-order valence-electron chi connectivity index (χ2n) is 6.24. The van der Waals surface area contributed by atoms with Crippen LogP contribution in [0.15, 0.2) is 46.9 Å². The van der Waals surface area contributed by atoms with Crippen molar-refractivity contribution in [3.05, 3.63) is 75.2 Å². The molecule has 0 N–H and O–H groups in total. The highest BCUT2D eigenvalue weighted by molar-refractivity contribution is 5.96. The zero-order valence-electron chi connectivity index (χ0n) is 15.2. The van der Waals surface area contributed by atoms with Crippen molar-refractivity contribution >= 4 is 11.6 Å². The van der Waals surface area contributed by atoms with E-state index in [1.54, 1.807) is 20.0 Å². The molecule has 8 heteroatoms. The summed E-state index contributed by atoms with van der Waals surface area (Å²) in [5, 5.41) is 19.1. The van der Waals surface area contributed by atoms with Gasteiger partial charge in [-0.2, -0.15) is 0 Å². The van der Waals surface area contributed by atoms with Crippen molar-refractivity contribution in [3.63, 3.8) is 0 Å². The van der Waals surface area contributed by atoms with Crippen LogP contribution >= 0.6 is 0 Å². The van der Waals surface area contributed by atoms with Gasteiger partial charge in [0, 0.05) is 29.8 Å². The van der Waals surface area contributed by atoms with E-state index in [-0.39, 0.29) is 29.6 Å². The summed E-state index contributed by atoms with van der Waals surface area (Å²) in [4.78, 5) is 24.6. The van der Waals surface area contributed by atoms with Gasteiger partial charge in [-0.25, -0.2) is 0 Å². The van der Waals surface area contributed by atoms with Gasteiger partial charge in [0.25, 0.3) is 11.6 Å². The Hall–Kier alpha value is -3.55. The lowest BCUT2D eigenvalue weighted by Gasteiger charge is -2.16. The molecule has 0 bridgehead atoms. The Bertz CT molecular complexity index is 995. The first-order valence-electron chi connectivity index (χ1n) is 8.25. The summed E-state index contributed by atoms with van der Waals surface area (Å²) < 4.78 is 5.63. The maximum atomic E-state index is 12.7. The van der Waals surface area contributed by atoms with Crippen molar-refractivity contribution in [2.45, 2.75) is 20.4 Å². The number of hydrogen-bond acceptors (Lipinski definition) is 6. The fourth-order valence-electron chi connectivity index (χ4n) is 2.66. The number of amides is 1. The van der Waals surface area contributed by atoms with E-state index in [9.17, 15) is 14.9 Å². The van der Waals surface area contributed by atoms with E-state index < -0.39 is 4.92 Å². The summed E-state index contributed by atoms with van der Waals surface area (Å²) in [6, 6.07) is 12.1. The van der Waals surface area contributed by atoms with Crippen molar-refractivity contribution < 1.29 is 14.1 Å². The molecule has 3 rings (SSSR count). The fraction of sp³-hybridized carbons (Fsp3) is 0.211. The largest absolute Gasteiger partial charge is 0.419 e. The first kappa shape index (κ1) is 18.2. The van der Waals surface area contributed by atoms with E-state index in [1.807, 2.05) is 31.2 Å². The van der Waals surface area contributed by atoms with Gasteiger partial charge in [0.05, 0.1) is 11.5 Å². The first-order valence-corrected chi connectivity index (χ1v) is 8.25. The predicted molar refractivity (Wildman–Crippen MR) is 98.1 cm³/mol. The number of nitro benzene ring substituents is 1. The summed E-state index contributed by atoms with van der Waals surface area (Å²) >= 11 is 0. The lowest BCUT2D eigenvalue weighted by Crippen LogP contribution is -2.27. The topological polar surface area (TPSA) is 102 Å². The Kier molecular flexibility index (Phi) is 4.98. The summed E-state index contributed by atoms with van der Waals surface area (Å²) in [5.74, 6) is 0.299. The van der Waals surface area contributed by atoms with Gasteiger partial charge in [0.1, 0.15) is 0 Å². The van der Waals surface area contributed by atoms with Gasteiger partial charge in [0.2, 0.25) is 11.8 Å². The second-order valence-corrected chi connectivity index (χ2v) is 6.24. The number of benzene rings is 2. The molecular formula is C19H18N4O4. The number of rotatable bonds is 5. The molecule has 0 radical (unpaired) electrons. The van der Waals surface area contributed by atoms with Gasteiger partial charge in [-0.3, -0.25) is 14.9 Å². The Morgan fingerprint density at radius 2 is 1.85 bits per heavy atom. The van der Waals surface area contributed by atoms with E-state index in [0.717, 1.165) is 11.1 Å². The van der Waals surface area contributed by atoms with Crippen LogP contribution in [-0.4, -0.2) is 33.0 Å². The molecule has 0 spiro atoms. The van der Waals surface area contributed by atoms with Crippen LogP contribution in [0, 0.1) is 24.0 Å². The quantitative estimate of drug-likeness (QED) is 0.505. The van der Waals surface area contributed by atoms with Crippen molar-refractivity contribution in [3.8, 4) is 11.5 Å². The van der Waals surface area contributed by atoms with Crippen LogP contribution in [-0.2, 0) is 6.54 Å². The molecule has 0 fully saturated rings. The Morgan fingerprint density at radius 1 is 1.15 bits per heavy atom. The number of aryl methyl sites for hydroxylation is 1. The minimum atomic E-state index is -0.502. The Balaban J connectivity index is 1.77. The third-order valence-electron chi connectivity index (χ3n) is 4.22. The van der Waals surface area contributed by atoms with Gasteiger partial charge >= 0.3 is 0 Å². The highest BCUT2D eigenvalue weighted by atomic mass is 16.6. The molecule has 0 aliphatic rings. The molecule has 27 heavy (non-hydrogen) atoms. The standard InChI is InChI=1S/C19H18N4O4/c1-12-7-9-14(10-8-12)18-21-20-17(27-18)11-22(3)19(24)15-5-4-6-16(13(15)2)23(25)26/h4-10H,11H2,1-3H3. The number of nitro groups is 1. The fourth-order valence-corrected chi connectivity index (χ4v) is 2.66. The molecule has 3 aromatic rings. The number of hydrogen-bond donors (Lipinski definition) is 0. The summed E-state index contributed by atoms with van der Waals surface area (Å²) in [5.41, 5.74) is 2.42. The summed E-state index contributed by atoms with van der Waals surface area (Å²) in [6.45, 7) is 3.64. The van der Waals surface area contributed by atoms with Crippen LogP contribution in [0.2, 0.25) is 0 Å². The maximum absolute atomic E-state index is 12.7. The molecule has 2 aromatic carbocycles. The van der Waals surface area contributed by atoms with Gasteiger partial charge in [-0.15, -0.1) is 10.2 Å². The van der Waals surface area contributed by atoms with E-state index in [2.05, 4.69) is 10.2 Å². The van der Waals surface area contributed by atoms with E-state index in [0.29, 0.717) is 11.5 Å².